The number of hydrogen-bond donors (Lipinski definition) is 0. The molecule has 1 aromatic heterocycles. The van der Waals surface area contributed by atoms with Gasteiger partial charge in [0.1, 0.15) is 0 Å². The number of nitrogens with zero attached hydrogens (tertiary/aromatic N) is 2. The molecule has 1 heterocycles. The van der Waals surface area contributed by atoms with E-state index >= 15 is 0 Å². The third-order valence-electron chi connectivity index (χ3n) is 2.73. The normalized spacial score (nSPS) is 10.5. The summed E-state index contributed by atoms with van der Waals surface area (Å²) in [5.41, 5.74) is -0.811. The van der Waals surface area contributed by atoms with Crippen LogP contribution in [0.2, 0.25) is 0 Å². The van der Waals surface area contributed by atoms with Crippen LogP contribution in [0.15, 0.2) is 15.8 Å². The molecule has 1 aromatic rings. The Morgan fingerprint density at radius 3 is 2.47 bits per heavy atom. The van der Waals surface area contributed by atoms with Crippen molar-refractivity contribution in [3.8, 4) is 0 Å². The fraction of sp³-hybridized carbons (Fsp3) is 0.583. The summed E-state index contributed by atoms with van der Waals surface area (Å²) in [4.78, 5) is 34.7. The maximum Gasteiger partial charge on any atom is 0.330 e. The number of Topliss-reactive ketones (excluding diaryl/α,β-unsaturated/α-hetero) is 1. The molecule has 17 heavy (non-hydrogen) atoms. The lowest BCUT2D eigenvalue weighted by Crippen LogP contribution is -2.40. The Bertz CT molecular complexity index is 526. The number of rotatable bonds is 5. The molecule has 5 nitrogen and oxygen atoms in total. The molecule has 0 bridgehead atoms. The SMILES string of the molecule is CCCCCn1cc(C(C)=O)c(=O)n(C)c1=O. The third kappa shape index (κ3) is 2.93. The van der Waals surface area contributed by atoms with Crippen LogP contribution in [-0.4, -0.2) is 14.9 Å². The first-order valence-electron chi connectivity index (χ1n) is 5.80. The number of carbonyl (C=O) groups excluding carboxylic acids is 1. The molecule has 1 rings (SSSR count). The number of hydrogen-bond acceptors (Lipinski definition) is 3. The van der Waals surface area contributed by atoms with Crippen LogP contribution >= 0.6 is 0 Å². The zero-order chi connectivity index (χ0) is 13.0. The van der Waals surface area contributed by atoms with Gasteiger partial charge in [0.15, 0.2) is 5.78 Å². The topological polar surface area (TPSA) is 61.1 Å². The fourth-order valence-corrected chi connectivity index (χ4v) is 1.66. The van der Waals surface area contributed by atoms with Crippen LogP contribution in [0.3, 0.4) is 0 Å². The Morgan fingerprint density at radius 2 is 1.94 bits per heavy atom. The standard InChI is InChI=1S/C12H18N2O3/c1-4-5-6-7-14-8-10(9(2)15)11(16)13(3)12(14)17/h8H,4-7H2,1-3H3. The summed E-state index contributed by atoms with van der Waals surface area (Å²) in [5, 5.41) is 0. The van der Waals surface area contributed by atoms with Gasteiger partial charge in [-0.25, -0.2) is 4.79 Å². The number of carbonyl (C=O) groups is 1. The number of aromatic nitrogens is 2. The Labute approximate surface area is 99.7 Å². The van der Waals surface area contributed by atoms with E-state index in [2.05, 4.69) is 6.92 Å². The molecule has 0 saturated carbocycles. The van der Waals surface area contributed by atoms with Crippen molar-refractivity contribution in [2.45, 2.75) is 39.7 Å². The zero-order valence-corrected chi connectivity index (χ0v) is 10.5. The van der Waals surface area contributed by atoms with E-state index in [9.17, 15) is 14.4 Å². The first kappa shape index (κ1) is 13.4. The van der Waals surface area contributed by atoms with Crippen LogP contribution in [0.1, 0.15) is 43.5 Å². The van der Waals surface area contributed by atoms with Crippen LogP contribution in [0.25, 0.3) is 0 Å². The summed E-state index contributed by atoms with van der Waals surface area (Å²) in [6.07, 6.45) is 4.32. The molecule has 0 spiro atoms. The van der Waals surface area contributed by atoms with E-state index < -0.39 is 5.56 Å². The Morgan fingerprint density at radius 1 is 1.29 bits per heavy atom. The number of unbranched alkanes of at least 4 members (excludes halogenated alkanes) is 2. The highest BCUT2D eigenvalue weighted by Crippen LogP contribution is 1.97. The van der Waals surface area contributed by atoms with Crippen LogP contribution in [0.4, 0.5) is 0 Å². The van der Waals surface area contributed by atoms with Gasteiger partial charge in [0, 0.05) is 19.8 Å². The molecule has 0 aliphatic carbocycles. The third-order valence-corrected chi connectivity index (χ3v) is 2.73. The molecule has 0 unspecified atom stereocenters. The van der Waals surface area contributed by atoms with E-state index in [0.29, 0.717) is 6.54 Å². The van der Waals surface area contributed by atoms with Gasteiger partial charge < -0.3 is 0 Å². The maximum atomic E-state index is 11.8. The average molecular weight is 238 g/mol. The molecular weight excluding hydrogens is 220 g/mol. The van der Waals surface area contributed by atoms with Gasteiger partial charge in [-0.3, -0.25) is 18.7 Å². The summed E-state index contributed by atoms with van der Waals surface area (Å²) in [5.74, 6) is -0.310. The molecule has 0 saturated heterocycles. The average Bonchev–Trinajstić information content (AvgIpc) is 2.29. The van der Waals surface area contributed by atoms with Gasteiger partial charge in [0.2, 0.25) is 0 Å². The number of aryl methyl sites for hydroxylation is 1. The van der Waals surface area contributed by atoms with Crippen molar-refractivity contribution in [2.75, 3.05) is 0 Å². The van der Waals surface area contributed by atoms with E-state index in [1.807, 2.05) is 0 Å². The number of ketones is 1. The van der Waals surface area contributed by atoms with E-state index in [-0.39, 0.29) is 17.0 Å². The van der Waals surface area contributed by atoms with Gasteiger partial charge >= 0.3 is 5.69 Å². The fourth-order valence-electron chi connectivity index (χ4n) is 1.66. The highest BCUT2D eigenvalue weighted by Gasteiger charge is 2.11. The van der Waals surface area contributed by atoms with Gasteiger partial charge in [-0.2, -0.15) is 0 Å². The molecule has 0 aromatic carbocycles. The van der Waals surface area contributed by atoms with E-state index in [1.54, 1.807) is 0 Å². The predicted molar refractivity (Wildman–Crippen MR) is 65.5 cm³/mol. The summed E-state index contributed by atoms with van der Waals surface area (Å²) >= 11 is 0. The van der Waals surface area contributed by atoms with Gasteiger partial charge in [-0.1, -0.05) is 19.8 Å². The second-order valence-electron chi connectivity index (χ2n) is 4.15. The van der Waals surface area contributed by atoms with Gasteiger partial charge in [-0.15, -0.1) is 0 Å². The molecule has 0 fully saturated rings. The molecule has 0 amide bonds. The lowest BCUT2D eigenvalue weighted by Gasteiger charge is -2.08. The molecular formula is C12H18N2O3. The Balaban J connectivity index is 3.18. The molecule has 0 aliphatic rings. The highest BCUT2D eigenvalue weighted by atomic mass is 16.2. The molecule has 94 valence electrons. The van der Waals surface area contributed by atoms with Crippen LogP contribution in [0, 0.1) is 0 Å². The summed E-state index contributed by atoms with van der Waals surface area (Å²) in [6, 6.07) is 0. The van der Waals surface area contributed by atoms with E-state index in [0.717, 1.165) is 23.8 Å². The van der Waals surface area contributed by atoms with Crippen molar-refractivity contribution in [3.63, 3.8) is 0 Å². The zero-order valence-electron chi connectivity index (χ0n) is 10.5. The van der Waals surface area contributed by atoms with Gasteiger partial charge in [0.25, 0.3) is 5.56 Å². The summed E-state index contributed by atoms with van der Waals surface area (Å²) in [7, 11) is 1.40. The second kappa shape index (κ2) is 5.61. The monoisotopic (exact) mass is 238 g/mol. The Hall–Kier alpha value is -1.65. The molecule has 0 N–H and O–H groups in total. The highest BCUT2D eigenvalue weighted by molar-refractivity contribution is 5.93. The minimum Gasteiger partial charge on any atom is -0.300 e. The lowest BCUT2D eigenvalue weighted by molar-refractivity contribution is 0.101. The van der Waals surface area contributed by atoms with E-state index in [4.69, 9.17) is 0 Å². The van der Waals surface area contributed by atoms with Crippen molar-refractivity contribution in [1.82, 2.24) is 9.13 Å². The maximum absolute atomic E-state index is 11.8. The van der Waals surface area contributed by atoms with Crippen LogP contribution in [-0.2, 0) is 13.6 Å². The van der Waals surface area contributed by atoms with Crippen LogP contribution in [0.5, 0.6) is 0 Å². The molecule has 5 heteroatoms. The van der Waals surface area contributed by atoms with Crippen molar-refractivity contribution >= 4 is 5.78 Å². The first-order valence-corrected chi connectivity index (χ1v) is 5.80. The minimum atomic E-state index is -0.519. The molecule has 0 aliphatic heterocycles. The quantitative estimate of drug-likeness (QED) is 0.566. The molecule has 0 radical (unpaired) electrons. The molecule has 0 atom stereocenters. The van der Waals surface area contributed by atoms with Gasteiger partial charge in [-0.05, 0) is 13.3 Å². The van der Waals surface area contributed by atoms with Crippen molar-refractivity contribution in [3.05, 3.63) is 32.6 Å². The lowest BCUT2D eigenvalue weighted by atomic mass is 10.2. The minimum absolute atomic E-state index is 0.0728. The largest absolute Gasteiger partial charge is 0.330 e. The van der Waals surface area contributed by atoms with E-state index in [1.165, 1.54) is 24.7 Å². The first-order chi connectivity index (χ1) is 7.99. The second-order valence-corrected chi connectivity index (χ2v) is 4.15. The van der Waals surface area contributed by atoms with Crippen molar-refractivity contribution in [1.29, 1.82) is 0 Å². The predicted octanol–water partition coefficient (Wildman–Crippen LogP) is 0.940. The summed E-state index contributed by atoms with van der Waals surface area (Å²) in [6.45, 7) is 3.95. The van der Waals surface area contributed by atoms with Gasteiger partial charge in [0.05, 0.1) is 5.56 Å². The Kier molecular flexibility index (Phi) is 4.43. The van der Waals surface area contributed by atoms with Crippen molar-refractivity contribution in [2.24, 2.45) is 7.05 Å². The van der Waals surface area contributed by atoms with Crippen molar-refractivity contribution < 1.29 is 4.79 Å². The summed E-state index contributed by atoms with van der Waals surface area (Å²) < 4.78 is 2.43. The smallest absolute Gasteiger partial charge is 0.300 e. The van der Waals surface area contributed by atoms with Crippen LogP contribution < -0.4 is 11.2 Å².